The number of halogens is 1. The third-order valence-electron chi connectivity index (χ3n) is 2.74. The van der Waals surface area contributed by atoms with Crippen molar-refractivity contribution in [2.75, 3.05) is 5.32 Å². The van der Waals surface area contributed by atoms with E-state index in [9.17, 15) is 14.5 Å². The minimum atomic E-state index is -0.807. The Morgan fingerprint density at radius 1 is 1.47 bits per heavy atom. The summed E-state index contributed by atoms with van der Waals surface area (Å²) in [7, 11) is 0. The van der Waals surface area contributed by atoms with E-state index < -0.39 is 16.4 Å². The van der Waals surface area contributed by atoms with Crippen molar-refractivity contribution in [2.45, 2.75) is 33.2 Å². The van der Waals surface area contributed by atoms with Crippen molar-refractivity contribution in [3.05, 3.63) is 34.1 Å². The maximum absolute atomic E-state index is 13.1. The van der Waals surface area contributed by atoms with Crippen LogP contribution in [0.4, 0.5) is 15.8 Å². The van der Waals surface area contributed by atoms with Gasteiger partial charge in [-0.3, -0.25) is 10.1 Å². The Hall–Kier alpha value is -1.65. The first kappa shape index (κ1) is 13.4. The first-order chi connectivity index (χ1) is 7.95. The number of nitrogens with zero attached hydrogens (tertiary/aromatic N) is 1. The fraction of sp³-hybridized carbons (Fsp3) is 0.500. The minimum absolute atomic E-state index is 0.222. The number of hydrogen-bond acceptors (Lipinski definition) is 3. The summed E-state index contributed by atoms with van der Waals surface area (Å²) in [5, 5.41) is 13.8. The van der Waals surface area contributed by atoms with Crippen molar-refractivity contribution in [1.82, 2.24) is 0 Å². The number of rotatable bonds is 5. The molecule has 5 heteroatoms. The van der Waals surface area contributed by atoms with E-state index in [-0.39, 0.29) is 6.04 Å². The maximum atomic E-state index is 13.1. The van der Waals surface area contributed by atoms with Crippen molar-refractivity contribution in [3.63, 3.8) is 0 Å². The zero-order valence-electron chi connectivity index (χ0n) is 10.2. The molecule has 0 saturated carbocycles. The second-order valence-corrected chi connectivity index (χ2v) is 4.33. The Balaban J connectivity index is 2.92. The lowest BCUT2D eigenvalue weighted by atomic mass is 10.0. The highest BCUT2D eigenvalue weighted by atomic mass is 19.1. The Kier molecular flexibility index (Phi) is 4.43. The molecule has 0 radical (unpaired) electrons. The van der Waals surface area contributed by atoms with E-state index in [1.165, 1.54) is 12.1 Å². The molecule has 4 nitrogen and oxygen atoms in total. The zero-order valence-corrected chi connectivity index (χ0v) is 10.2. The smallest absolute Gasteiger partial charge is 0.306 e. The molecule has 0 aromatic heterocycles. The molecule has 0 aliphatic carbocycles. The number of benzene rings is 1. The average molecular weight is 240 g/mol. The van der Waals surface area contributed by atoms with Crippen LogP contribution in [0.2, 0.25) is 0 Å². The van der Waals surface area contributed by atoms with Gasteiger partial charge in [0, 0.05) is 17.8 Å². The molecule has 1 rings (SSSR count). The van der Waals surface area contributed by atoms with Crippen molar-refractivity contribution in [1.29, 1.82) is 0 Å². The lowest BCUT2D eigenvalue weighted by molar-refractivity contribution is -0.387. The van der Waals surface area contributed by atoms with E-state index in [0.717, 1.165) is 12.5 Å². The van der Waals surface area contributed by atoms with Gasteiger partial charge in [-0.05, 0) is 24.5 Å². The third-order valence-corrected chi connectivity index (χ3v) is 2.74. The van der Waals surface area contributed by atoms with E-state index >= 15 is 0 Å². The van der Waals surface area contributed by atoms with Gasteiger partial charge in [-0.15, -0.1) is 0 Å². The summed E-state index contributed by atoms with van der Waals surface area (Å²) in [5.41, 5.74) is 0.0901. The molecular weight excluding hydrogens is 223 g/mol. The summed E-state index contributed by atoms with van der Waals surface area (Å²) >= 11 is 0. The van der Waals surface area contributed by atoms with Gasteiger partial charge in [-0.1, -0.05) is 20.8 Å². The Morgan fingerprint density at radius 3 is 2.59 bits per heavy atom. The molecule has 1 unspecified atom stereocenters. The predicted octanol–water partition coefficient (Wildman–Crippen LogP) is 3.58. The van der Waals surface area contributed by atoms with Gasteiger partial charge in [-0.2, -0.15) is 4.39 Å². The Bertz CT molecular complexity index is 407. The molecule has 1 aromatic carbocycles. The second-order valence-electron chi connectivity index (χ2n) is 4.33. The Morgan fingerprint density at radius 2 is 2.12 bits per heavy atom. The number of nitro groups is 1. The number of nitro benzene ring substituents is 1. The Labute approximate surface area is 100.0 Å². The van der Waals surface area contributed by atoms with Crippen LogP contribution in [-0.2, 0) is 0 Å². The van der Waals surface area contributed by atoms with Crippen LogP contribution >= 0.6 is 0 Å². The highest BCUT2D eigenvalue weighted by molar-refractivity contribution is 5.52. The quantitative estimate of drug-likeness (QED) is 0.632. The van der Waals surface area contributed by atoms with Crippen LogP contribution in [0.3, 0.4) is 0 Å². The van der Waals surface area contributed by atoms with Gasteiger partial charge >= 0.3 is 5.69 Å². The first-order valence-electron chi connectivity index (χ1n) is 5.66. The van der Waals surface area contributed by atoms with Gasteiger partial charge in [0.05, 0.1) is 4.92 Å². The average Bonchev–Trinajstić information content (AvgIpc) is 2.27. The summed E-state index contributed by atoms with van der Waals surface area (Å²) in [6, 6.07) is 4.10. The molecule has 1 N–H and O–H groups in total. The molecule has 0 bridgehead atoms. The maximum Gasteiger partial charge on any atom is 0.306 e. The molecular formula is C12H17FN2O2. The van der Waals surface area contributed by atoms with E-state index in [0.29, 0.717) is 11.6 Å². The lowest BCUT2D eigenvalue weighted by Gasteiger charge is -2.21. The van der Waals surface area contributed by atoms with Gasteiger partial charge in [0.15, 0.2) is 0 Å². The van der Waals surface area contributed by atoms with Crippen LogP contribution < -0.4 is 5.32 Å². The van der Waals surface area contributed by atoms with Gasteiger partial charge in [0.25, 0.3) is 0 Å². The molecule has 0 aliphatic rings. The largest absolute Gasteiger partial charge is 0.382 e. The molecule has 1 atom stereocenters. The predicted molar refractivity (Wildman–Crippen MR) is 65.6 cm³/mol. The second kappa shape index (κ2) is 5.61. The van der Waals surface area contributed by atoms with E-state index in [1.54, 1.807) is 0 Å². The highest BCUT2D eigenvalue weighted by Gasteiger charge is 2.16. The van der Waals surface area contributed by atoms with Gasteiger partial charge in [0.2, 0.25) is 5.82 Å². The van der Waals surface area contributed by atoms with E-state index in [1.807, 2.05) is 6.92 Å². The molecule has 1 aromatic rings. The van der Waals surface area contributed by atoms with Gasteiger partial charge in [-0.25, -0.2) is 0 Å². The van der Waals surface area contributed by atoms with E-state index in [4.69, 9.17) is 0 Å². The monoisotopic (exact) mass is 240 g/mol. The molecule has 0 amide bonds. The first-order valence-corrected chi connectivity index (χ1v) is 5.66. The van der Waals surface area contributed by atoms with E-state index in [2.05, 4.69) is 19.2 Å². The minimum Gasteiger partial charge on any atom is -0.382 e. The van der Waals surface area contributed by atoms with Gasteiger partial charge < -0.3 is 5.32 Å². The molecule has 0 saturated heterocycles. The molecule has 17 heavy (non-hydrogen) atoms. The van der Waals surface area contributed by atoms with Crippen molar-refractivity contribution in [3.8, 4) is 0 Å². The normalized spacial score (nSPS) is 12.5. The summed E-state index contributed by atoms with van der Waals surface area (Å²) in [5.74, 6) is -0.401. The summed E-state index contributed by atoms with van der Waals surface area (Å²) < 4.78 is 13.1. The number of nitrogens with one attached hydrogen (secondary N) is 1. The van der Waals surface area contributed by atoms with Crippen LogP contribution in [-0.4, -0.2) is 11.0 Å². The SMILES string of the molecule is CCC(Nc1ccc(F)c([N+](=O)[O-])c1)C(C)C. The molecule has 0 spiro atoms. The molecule has 0 fully saturated rings. The van der Waals surface area contributed by atoms with Crippen molar-refractivity contribution < 1.29 is 9.31 Å². The van der Waals surface area contributed by atoms with Crippen LogP contribution in [0.15, 0.2) is 18.2 Å². The molecule has 0 aliphatic heterocycles. The van der Waals surface area contributed by atoms with Crippen LogP contribution in [0.25, 0.3) is 0 Å². The van der Waals surface area contributed by atoms with Crippen molar-refractivity contribution >= 4 is 11.4 Å². The molecule has 94 valence electrons. The molecule has 0 heterocycles. The summed E-state index contributed by atoms with van der Waals surface area (Å²) in [6.45, 7) is 6.17. The highest BCUT2D eigenvalue weighted by Crippen LogP contribution is 2.23. The summed E-state index contributed by atoms with van der Waals surface area (Å²) in [6.07, 6.45) is 0.906. The topological polar surface area (TPSA) is 55.2 Å². The van der Waals surface area contributed by atoms with Crippen LogP contribution in [0, 0.1) is 21.8 Å². The lowest BCUT2D eigenvalue weighted by Crippen LogP contribution is -2.24. The number of anilines is 1. The fourth-order valence-corrected chi connectivity index (χ4v) is 1.70. The van der Waals surface area contributed by atoms with Gasteiger partial charge in [0.1, 0.15) is 0 Å². The third kappa shape index (κ3) is 3.41. The standard InChI is InChI=1S/C12H17FN2O2/c1-4-11(8(2)3)14-9-5-6-10(13)12(7-9)15(16)17/h5-8,11,14H,4H2,1-3H3. The van der Waals surface area contributed by atoms with Crippen molar-refractivity contribution in [2.24, 2.45) is 5.92 Å². The fourth-order valence-electron chi connectivity index (χ4n) is 1.70. The number of hydrogen-bond donors (Lipinski definition) is 1. The van der Waals surface area contributed by atoms with Crippen LogP contribution in [0.5, 0.6) is 0 Å². The van der Waals surface area contributed by atoms with Crippen LogP contribution in [0.1, 0.15) is 27.2 Å². The zero-order chi connectivity index (χ0) is 13.0. The summed E-state index contributed by atoms with van der Waals surface area (Å²) in [4.78, 5) is 9.89.